The van der Waals surface area contributed by atoms with E-state index in [9.17, 15) is 9.59 Å². The van der Waals surface area contributed by atoms with Gasteiger partial charge in [0.15, 0.2) is 5.76 Å². The summed E-state index contributed by atoms with van der Waals surface area (Å²) in [5.41, 5.74) is 0. The molecular weight excluding hydrogens is 288 g/mol. The highest BCUT2D eigenvalue weighted by Gasteiger charge is 2.21. The molecule has 1 unspecified atom stereocenters. The quantitative estimate of drug-likeness (QED) is 0.651. The van der Waals surface area contributed by atoms with Crippen LogP contribution in [0.25, 0.3) is 0 Å². The molecule has 1 heterocycles. The third-order valence-electron chi connectivity index (χ3n) is 3.06. The summed E-state index contributed by atoms with van der Waals surface area (Å²) in [7, 11) is 0. The lowest BCUT2D eigenvalue weighted by molar-refractivity contribution is -0.123. The third kappa shape index (κ3) is 6.71. The van der Waals surface area contributed by atoms with E-state index in [1.165, 1.54) is 6.26 Å². The molecule has 21 heavy (non-hydrogen) atoms. The molecule has 118 valence electrons. The van der Waals surface area contributed by atoms with E-state index in [-0.39, 0.29) is 17.6 Å². The Balaban J connectivity index is 2.49. The largest absolute Gasteiger partial charge is 0.459 e. The van der Waals surface area contributed by atoms with Gasteiger partial charge in [-0.3, -0.25) is 9.59 Å². The van der Waals surface area contributed by atoms with E-state index >= 15 is 0 Å². The van der Waals surface area contributed by atoms with Crippen molar-refractivity contribution in [2.75, 3.05) is 18.6 Å². The lowest BCUT2D eigenvalue weighted by Crippen LogP contribution is -2.47. The van der Waals surface area contributed by atoms with Crippen molar-refractivity contribution in [3.05, 3.63) is 24.2 Å². The summed E-state index contributed by atoms with van der Waals surface area (Å²) in [6.45, 7) is 2.77. The zero-order valence-electron chi connectivity index (χ0n) is 12.7. The molecule has 0 spiro atoms. The zero-order valence-corrected chi connectivity index (χ0v) is 13.5. The Labute approximate surface area is 130 Å². The fourth-order valence-corrected chi connectivity index (χ4v) is 2.32. The summed E-state index contributed by atoms with van der Waals surface area (Å²) in [4.78, 5) is 24.1. The minimum atomic E-state index is -0.517. The average molecular weight is 312 g/mol. The lowest BCUT2D eigenvalue weighted by atomic mass is 10.2. The second-order valence-electron chi connectivity index (χ2n) is 4.78. The van der Waals surface area contributed by atoms with Crippen molar-refractivity contribution in [3.63, 3.8) is 0 Å². The van der Waals surface area contributed by atoms with Gasteiger partial charge in [0.2, 0.25) is 5.91 Å². The van der Waals surface area contributed by atoms with E-state index in [4.69, 9.17) is 4.42 Å². The number of amides is 2. The molecule has 1 atom stereocenters. The second-order valence-corrected chi connectivity index (χ2v) is 5.77. The maximum Gasteiger partial charge on any atom is 0.287 e. The van der Waals surface area contributed by atoms with Crippen LogP contribution in [-0.4, -0.2) is 36.4 Å². The molecule has 0 aliphatic carbocycles. The Bertz CT molecular complexity index is 421. The van der Waals surface area contributed by atoms with Crippen molar-refractivity contribution in [3.8, 4) is 0 Å². The molecule has 0 bridgehead atoms. The summed E-state index contributed by atoms with van der Waals surface area (Å²) in [6.07, 6.45) is 7.19. The summed E-state index contributed by atoms with van der Waals surface area (Å²) in [6, 6.07) is 2.72. The van der Waals surface area contributed by atoms with Crippen LogP contribution in [0.1, 0.15) is 43.2 Å². The van der Waals surface area contributed by atoms with Gasteiger partial charge in [-0.1, -0.05) is 19.8 Å². The first-order valence-corrected chi connectivity index (χ1v) is 8.69. The van der Waals surface area contributed by atoms with Crippen LogP contribution < -0.4 is 10.6 Å². The lowest BCUT2D eigenvalue weighted by Gasteiger charge is -2.17. The van der Waals surface area contributed by atoms with Gasteiger partial charge in [0.05, 0.1) is 6.26 Å². The number of hydrogen-bond acceptors (Lipinski definition) is 4. The number of carbonyl (C=O) groups excluding carboxylic acids is 2. The topological polar surface area (TPSA) is 71.3 Å². The maximum atomic E-state index is 12.2. The molecule has 0 fully saturated rings. The van der Waals surface area contributed by atoms with Gasteiger partial charge in [-0.2, -0.15) is 11.8 Å². The molecule has 1 rings (SSSR count). The van der Waals surface area contributed by atoms with Crippen LogP contribution >= 0.6 is 11.8 Å². The van der Waals surface area contributed by atoms with E-state index < -0.39 is 6.04 Å². The van der Waals surface area contributed by atoms with Gasteiger partial charge in [0.25, 0.3) is 5.91 Å². The van der Waals surface area contributed by atoms with Gasteiger partial charge < -0.3 is 15.1 Å². The van der Waals surface area contributed by atoms with Crippen LogP contribution in [-0.2, 0) is 4.79 Å². The summed E-state index contributed by atoms with van der Waals surface area (Å²) >= 11 is 1.65. The van der Waals surface area contributed by atoms with Crippen LogP contribution in [0.2, 0.25) is 0 Å². The minimum absolute atomic E-state index is 0.125. The molecule has 5 nitrogen and oxygen atoms in total. The number of thioether (sulfide) groups is 1. The molecular formula is C15H24N2O3S. The zero-order chi connectivity index (χ0) is 15.5. The monoisotopic (exact) mass is 312 g/mol. The standard InChI is InChI=1S/C15H24N2O3S/c1-3-4-5-9-16-14(18)12(8-11-21-2)17-15(19)13-7-6-10-20-13/h6-7,10,12H,3-5,8-9,11H2,1-2H3,(H,16,18)(H,17,19). The number of unbranched alkanes of at least 4 members (excludes halogenated alkanes) is 2. The highest BCUT2D eigenvalue weighted by Crippen LogP contribution is 2.05. The molecule has 6 heteroatoms. The molecule has 0 saturated heterocycles. The van der Waals surface area contributed by atoms with Crippen LogP contribution in [0.15, 0.2) is 22.8 Å². The van der Waals surface area contributed by atoms with E-state index in [1.54, 1.807) is 23.9 Å². The first-order chi connectivity index (χ1) is 10.2. The van der Waals surface area contributed by atoms with E-state index in [2.05, 4.69) is 17.6 Å². The van der Waals surface area contributed by atoms with E-state index in [0.717, 1.165) is 25.0 Å². The number of furan rings is 1. The Morgan fingerprint density at radius 2 is 2.19 bits per heavy atom. The third-order valence-corrected chi connectivity index (χ3v) is 3.70. The normalized spacial score (nSPS) is 11.9. The first-order valence-electron chi connectivity index (χ1n) is 7.30. The Hall–Kier alpha value is -1.43. The van der Waals surface area contributed by atoms with Gasteiger partial charge >= 0.3 is 0 Å². The number of hydrogen-bond donors (Lipinski definition) is 2. The fourth-order valence-electron chi connectivity index (χ4n) is 1.85. The molecule has 2 N–H and O–H groups in total. The highest BCUT2D eigenvalue weighted by molar-refractivity contribution is 7.98. The molecule has 0 aliphatic heterocycles. The van der Waals surface area contributed by atoms with Crippen molar-refractivity contribution >= 4 is 23.6 Å². The average Bonchev–Trinajstić information content (AvgIpc) is 3.02. The Kier molecular flexibility index (Phi) is 8.66. The van der Waals surface area contributed by atoms with Crippen molar-refractivity contribution in [1.29, 1.82) is 0 Å². The van der Waals surface area contributed by atoms with Gasteiger partial charge in [0.1, 0.15) is 6.04 Å². The van der Waals surface area contributed by atoms with Gasteiger partial charge in [-0.25, -0.2) is 0 Å². The molecule has 0 aromatic carbocycles. The minimum Gasteiger partial charge on any atom is -0.459 e. The van der Waals surface area contributed by atoms with Crippen molar-refractivity contribution in [2.24, 2.45) is 0 Å². The molecule has 2 amide bonds. The van der Waals surface area contributed by atoms with Crippen molar-refractivity contribution in [1.82, 2.24) is 10.6 Å². The highest BCUT2D eigenvalue weighted by atomic mass is 32.2. The van der Waals surface area contributed by atoms with Crippen molar-refractivity contribution in [2.45, 2.75) is 38.6 Å². The summed E-state index contributed by atoms with van der Waals surface area (Å²) in [5.74, 6) is 0.559. The van der Waals surface area contributed by atoms with Crippen LogP contribution in [0.4, 0.5) is 0 Å². The maximum absolute atomic E-state index is 12.2. The van der Waals surface area contributed by atoms with Gasteiger partial charge in [-0.05, 0) is 37.0 Å². The van der Waals surface area contributed by atoms with Crippen LogP contribution in [0.5, 0.6) is 0 Å². The van der Waals surface area contributed by atoms with E-state index in [1.807, 2.05) is 6.26 Å². The second kappa shape index (κ2) is 10.3. The fraction of sp³-hybridized carbons (Fsp3) is 0.600. The van der Waals surface area contributed by atoms with Crippen LogP contribution in [0, 0.1) is 0 Å². The summed E-state index contributed by atoms with van der Waals surface area (Å²) in [5, 5.41) is 5.62. The SMILES string of the molecule is CCCCCNC(=O)C(CCSC)NC(=O)c1ccco1. The predicted octanol–water partition coefficient (Wildman–Crippen LogP) is 2.44. The molecule has 1 aromatic rings. The first kappa shape index (κ1) is 17.6. The smallest absolute Gasteiger partial charge is 0.287 e. The van der Waals surface area contributed by atoms with Crippen LogP contribution in [0.3, 0.4) is 0 Å². The molecule has 1 aromatic heterocycles. The predicted molar refractivity (Wildman–Crippen MR) is 85.5 cm³/mol. The number of rotatable bonds is 10. The molecule has 0 radical (unpaired) electrons. The van der Waals surface area contributed by atoms with Gasteiger partial charge in [-0.15, -0.1) is 0 Å². The van der Waals surface area contributed by atoms with Gasteiger partial charge in [0, 0.05) is 6.54 Å². The number of nitrogens with one attached hydrogen (secondary N) is 2. The molecule has 0 saturated carbocycles. The van der Waals surface area contributed by atoms with E-state index in [0.29, 0.717) is 13.0 Å². The Morgan fingerprint density at radius 1 is 1.38 bits per heavy atom. The summed E-state index contributed by atoms with van der Waals surface area (Å²) < 4.78 is 5.04. The van der Waals surface area contributed by atoms with Crippen molar-refractivity contribution < 1.29 is 14.0 Å². The number of carbonyl (C=O) groups is 2. The Morgan fingerprint density at radius 3 is 2.81 bits per heavy atom. The molecule has 0 aliphatic rings.